The topological polar surface area (TPSA) is 66.5 Å². The molecule has 1 heterocycles. The van der Waals surface area contributed by atoms with Crippen LogP contribution in [-0.2, 0) is 14.8 Å². The number of hydrogen-bond donors (Lipinski definition) is 1. The predicted molar refractivity (Wildman–Crippen MR) is 95.0 cm³/mol. The second-order valence-electron chi connectivity index (χ2n) is 6.11. The normalized spacial score (nSPS) is 18.2. The third-order valence-corrected chi connectivity index (χ3v) is 5.53. The summed E-state index contributed by atoms with van der Waals surface area (Å²) in [6, 6.07) is 12.6. The Kier molecular flexibility index (Phi) is 4.87. The minimum atomic E-state index is -3.40. The highest BCUT2D eigenvalue weighted by molar-refractivity contribution is 7.88. The number of hydrogen-bond acceptors (Lipinski definition) is 3. The van der Waals surface area contributed by atoms with Crippen molar-refractivity contribution in [3.05, 3.63) is 54.3 Å². The van der Waals surface area contributed by atoms with Crippen LogP contribution in [0.4, 0.5) is 10.1 Å². The first-order valence-electron chi connectivity index (χ1n) is 7.98. The summed E-state index contributed by atoms with van der Waals surface area (Å²) in [5.74, 6) is -0.640. The second kappa shape index (κ2) is 6.93. The SMILES string of the molecule is CS(=O)(=O)N1CCC[C@@H]1C(=O)Nc1ccc(-c2cccc(F)c2)cc1. The van der Waals surface area contributed by atoms with E-state index in [1.807, 2.05) is 0 Å². The smallest absolute Gasteiger partial charge is 0.242 e. The van der Waals surface area contributed by atoms with Crippen LogP contribution in [0.25, 0.3) is 11.1 Å². The van der Waals surface area contributed by atoms with E-state index in [0.29, 0.717) is 25.1 Å². The van der Waals surface area contributed by atoms with Gasteiger partial charge in [0.1, 0.15) is 11.9 Å². The van der Waals surface area contributed by atoms with Gasteiger partial charge in [0, 0.05) is 12.2 Å². The van der Waals surface area contributed by atoms with Crippen LogP contribution in [-0.4, -0.2) is 37.5 Å². The number of carbonyl (C=O) groups is 1. The van der Waals surface area contributed by atoms with E-state index >= 15 is 0 Å². The molecule has 25 heavy (non-hydrogen) atoms. The van der Waals surface area contributed by atoms with Gasteiger partial charge in [-0.15, -0.1) is 0 Å². The van der Waals surface area contributed by atoms with Gasteiger partial charge in [0.25, 0.3) is 0 Å². The molecule has 132 valence electrons. The van der Waals surface area contributed by atoms with Gasteiger partial charge < -0.3 is 5.32 Å². The molecule has 0 radical (unpaired) electrons. The number of anilines is 1. The van der Waals surface area contributed by atoms with Crippen LogP contribution < -0.4 is 5.32 Å². The fraction of sp³-hybridized carbons (Fsp3) is 0.278. The molecular weight excluding hydrogens is 343 g/mol. The monoisotopic (exact) mass is 362 g/mol. The minimum Gasteiger partial charge on any atom is -0.325 e. The molecule has 0 aromatic heterocycles. The standard InChI is InChI=1S/C18H19FN2O3S/c1-25(23,24)21-11-3-6-17(21)18(22)20-16-9-7-13(8-10-16)14-4-2-5-15(19)12-14/h2,4-5,7-10,12,17H,3,6,11H2,1H3,(H,20,22)/t17-/m1/s1. The number of halogens is 1. The summed E-state index contributed by atoms with van der Waals surface area (Å²) < 4.78 is 38.0. The quantitative estimate of drug-likeness (QED) is 0.909. The van der Waals surface area contributed by atoms with Crippen LogP contribution in [0.5, 0.6) is 0 Å². The Morgan fingerprint density at radius 2 is 1.88 bits per heavy atom. The van der Waals surface area contributed by atoms with Gasteiger partial charge in [-0.25, -0.2) is 12.8 Å². The van der Waals surface area contributed by atoms with Crippen molar-refractivity contribution in [2.45, 2.75) is 18.9 Å². The van der Waals surface area contributed by atoms with Gasteiger partial charge in [0.05, 0.1) is 6.26 Å². The molecule has 1 fully saturated rings. The van der Waals surface area contributed by atoms with Gasteiger partial charge in [-0.3, -0.25) is 4.79 Å². The molecule has 1 saturated heterocycles. The number of carbonyl (C=O) groups excluding carboxylic acids is 1. The lowest BCUT2D eigenvalue weighted by Crippen LogP contribution is -2.42. The lowest BCUT2D eigenvalue weighted by Gasteiger charge is -2.21. The summed E-state index contributed by atoms with van der Waals surface area (Å²) in [5, 5.41) is 2.76. The zero-order chi connectivity index (χ0) is 18.0. The van der Waals surface area contributed by atoms with Crippen LogP contribution in [0.3, 0.4) is 0 Å². The van der Waals surface area contributed by atoms with Gasteiger partial charge in [0.15, 0.2) is 0 Å². The molecule has 0 aliphatic carbocycles. The van der Waals surface area contributed by atoms with E-state index in [4.69, 9.17) is 0 Å². The Hall–Kier alpha value is -2.25. The van der Waals surface area contributed by atoms with E-state index in [0.717, 1.165) is 17.4 Å². The molecule has 3 rings (SSSR count). The van der Waals surface area contributed by atoms with Gasteiger partial charge >= 0.3 is 0 Å². The molecule has 0 bridgehead atoms. The molecule has 0 spiro atoms. The second-order valence-corrected chi connectivity index (χ2v) is 8.04. The van der Waals surface area contributed by atoms with Crippen molar-refractivity contribution in [3.8, 4) is 11.1 Å². The number of amides is 1. The zero-order valence-electron chi connectivity index (χ0n) is 13.8. The van der Waals surface area contributed by atoms with E-state index in [2.05, 4.69) is 5.32 Å². The first kappa shape index (κ1) is 17.6. The molecule has 2 aromatic carbocycles. The average molecular weight is 362 g/mol. The van der Waals surface area contributed by atoms with Crippen LogP contribution in [0.2, 0.25) is 0 Å². The maximum absolute atomic E-state index is 13.3. The average Bonchev–Trinajstić information content (AvgIpc) is 3.06. The van der Waals surface area contributed by atoms with Crippen molar-refractivity contribution in [2.24, 2.45) is 0 Å². The zero-order valence-corrected chi connectivity index (χ0v) is 14.6. The molecule has 0 saturated carbocycles. The molecular formula is C18H19FN2O3S. The van der Waals surface area contributed by atoms with Crippen LogP contribution in [0.15, 0.2) is 48.5 Å². The Morgan fingerprint density at radius 1 is 1.16 bits per heavy atom. The molecule has 5 nitrogen and oxygen atoms in total. The highest BCUT2D eigenvalue weighted by atomic mass is 32.2. The minimum absolute atomic E-state index is 0.308. The van der Waals surface area contributed by atoms with Crippen LogP contribution in [0, 0.1) is 5.82 Å². The Labute approximate surface area is 146 Å². The van der Waals surface area contributed by atoms with E-state index in [9.17, 15) is 17.6 Å². The first-order chi connectivity index (χ1) is 11.8. The first-order valence-corrected chi connectivity index (χ1v) is 9.83. The maximum atomic E-state index is 13.3. The highest BCUT2D eigenvalue weighted by Crippen LogP contribution is 2.24. The largest absolute Gasteiger partial charge is 0.325 e. The van der Waals surface area contributed by atoms with Crippen LogP contribution >= 0.6 is 0 Å². The summed E-state index contributed by atoms with van der Waals surface area (Å²) in [7, 11) is -3.40. The van der Waals surface area contributed by atoms with Crippen LogP contribution in [0.1, 0.15) is 12.8 Å². The Bertz CT molecular complexity index is 881. The van der Waals surface area contributed by atoms with Crippen molar-refractivity contribution in [3.63, 3.8) is 0 Å². The van der Waals surface area contributed by atoms with Gasteiger partial charge in [-0.1, -0.05) is 24.3 Å². The number of nitrogens with one attached hydrogen (secondary N) is 1. The molecule has 1 amide bonds. The number of sulfonamides is 1. The van der Waals surface area contributed by atoms with Gasteiger partial charge in [0.2, 0.25) is 15.9 Å². The third kappa shape index (κ3) is 4.05. The fourth-order valence-corrected chi connectivity index (χ4v) is 4.16. The Balaban J connectivity index is 1.72. The third-order valence-electron chi connectivity index (χ3n) is 4.24. The molecule has 1 N–H and O–H groups in total. The summed E-state index contributed by atoms with van der Waals surface area (Å²) in [6.07, 6.45) is 2.30. The summed E-state index contributed by atoms with van der Waals surface area (Å²) in [6.45, 7) is 0.370. The summed E-state index contributed by atoms with van der Waals surface area (Å²) >= 11 is 0. The lowest BCUT2D eigenvalue weighted by atomic mass is 10.1. The molecule has 1 aliphatic heterocycles. The number of nitrogens with zero attached hydrogens (tertiary/aromatic N) is 1. The molecule has 7 heteroatoms. The van der Waals surface area contributed by atoms with E-state index in [1.54, 1.807) is 36.4 Å². The lowest BCUT2D eigenvalue weighted by molar-refractivity contribution is -0.119. The number of rotatable bonds is 4. The van der Waals surface area contributed by atoms with Crippen molar-refractivity contribution in [2.75, 3.05) is 18.1 Å². The molecule has 2 aromatic rings. The highest BCUT2D eigenvalue weighted by Gasteiger charge is 2.36. The maximum Gasteiger partial charge on any atom is 0.242 e. The molecule has 1 atom stereocenters. The molecule has 1 aliphatic rings. The summed E-state index contributed by atoms with van der Waals surface area (Å²) in [5.41, 5.74) is 2.15. The van der Waals surface area contributed by atoms with E-state index < -0.39 is 16.1 Å². The summed E-state index contributed by atoms with van der Waals surface area (Å²) in [4.78, 5) is 12.4. The van der Waals surface area contributed by atoms with Crippen molar-refractivity contribution < 1.29 is 17.6 Å². The van der Waals surface area contributed by atoms with Crippen molar-refractivity contribution >= 4 is 21.6 Å². The van der Waals surface area contributed by atoms with Gasteiger partial charge in [-0.05, 0) is 48.2 Å². The van der Waals surface area contributed by atoms with E-state index in [-0.39, 0.29) is 11.7 Å². The fourth-order valence-electron chi connectivity index (χ4n) is 3.04. The Morgan fingerprint density at radius 3 is 2.52 bits per heavy atom. The van der Waals surface area contributed by atoms with Crippen molar-refractivity contribution in [1.82, 2.24) is 4.31 Å². The number of benzene rings is 2. The molecule has 0 unspecified atom stereocenters. The van der Waals surface area contributed by atoms with Gasteiger partial charge in [-0.2, -0.15) is 4.31 Å². The predicted octanol–water partition coefficient (Wildman–Crippen LogP) is 2.86. The van der Waals surface area contributed by atoms with E-state index in [1.165, 1.54) is 16.4 Å². The van der Waals surface area contributed by atoms with Crippen molar-refractivity contribution in [1.29, 1.82) is 0 Å².